The van der Waals surface area contributed by atoms with Crippen LogP contribution in [-0.4, -0.2) is 38.1 Å². The lowest BCUT2D eigenvalue weighted by atomic mass is 10.1. The first kappa shape index (κ1) is 21.1. The number of nitrogens with zero attached hydrogens (tertiary/aromatic N) is 4. The number of nitro benzene ring substituents is 1. The molecule has 2 heterocycles. The van der Waals surface area contributed by atoms with Crippen LogP contribution in [0, 0.1) is 10.1 Å². The molecule has 1 aromatic heterocycles. The number of phenols is 1. The summed E-state index contributed by atoms with van der Waals surface area (Å²) < 4.78 is 12.2. The predicted octanol–water partition coefficient (Wildman–Crippen LogP) is 4.54. The van der Waals surface area contributed by atoms with Crippen molar-refractivity contribution < 1.29 is 19.5 Å². The number of hydrogen-bond donors (Lipinski definition) is 2. The number of nitrogens with one attached hydrogen (secondary N) is 1. The Hall–Kier alpha value is -3.12. The number of rotatable bonds is 5. The molecule has 2 aromatic carbocycles. The van der Waals surface area contributed by atoms with Crippen LogP contribution in [0.25, 0.3) is 11.3 Å². The van der Waals surface area contributed by atoms with Gasteiger partial charge < -0.3 is 19.9 Å². The smallest absolute Gasteiger partial charge is 0.323 e. The number of halogens is 1. The number of anilines is 1. The zero-order chi connectivity index (χ0) is 22.1. The molecule has 0 aliphatic carbocycles. The van der Waals surface area contributed by atoms with Gasteiger partial charge >= 0.3 is 5.69 Å². The Kier molecular flexibility index (Phi) is 5.83. The minimum Gasteiger partial charge on any atom is -0.504 e. The van der Waals surface area contributed by atoms with Crippen molar-refractivity contribution in [2.45, 2.75) is 18.3 Å². The van der Waals surface area contributed by atoms with Crippen molar-refractivity contribution in [2.24, 2.45) is 0 Å². The number of aromatic nitrogens is 3. The van der Waals surface area contributed by atoms with Crippen LogP contribution in [0.2, 0.25) is 0 Å². The molecule has 0 fully saturated rings. The number of phenolic OH excluding ortho intramolecular Hbond substituents is 1. The second kappa shape index (κ2) is 8.55. The van der Waals surface area contributed by atoms with Crippen molar-refractivity contribution in [3.8, 4) is 28.6 Å². The van der Waals surface area contributed by atoms with Crippen molar-refractivity contribution in [1.82, 2.24) is 15.2 Å². The topological polar surface area (TPSA) is 133 Å². The maximum absolute atomic E-state index is 11.9. The molecule has 0 unspecified atom stereocenters. The predicted molar refractivity (Wildman–Crippen MR) is 118 cm³/mol. The minimum absolute atomic E-state index is 0.144. The van der Waals surface area contributed by atoms with Gasteiger partial charge in [0.1, 0.15) is 0 Å². The molecule has 0 saturated carbocycles. The number of fused-ring (bicyclic) bond motifs is 3. The second-order valence-electron chi connectivity index (χ2n) is 6.33. The van der Waals surface area contributed by atoms with Gasteiger partial charge in [-0.15, -0.1) is 10.2 Å². The summed E-state index contributed by atoms with van der Waals surface area (Å²) in [6, 6.07) is 8.20. The Bertz CT molecular complexity index is 1180. The lowest BCUT2D eigenvalue weighted by molar-refractivity contribution is -0.387. The minimum atomic E-state index is -1.01. The van der Waals surface area contributed by atoms with Crippen LogP contribution in [0.3, 0.4) is 0 Å². The van der Waals surface area contributed by atoms with E-state index in [4.69, 9.17) is 9.47 Å². The van der Waals surface area contributed by atoms with Crippen molar-refractivity contribution in [1.29, 1.82) is 0 Å². The summed E-state index contributed by atoms with van der Waals surface area (Å²) in [6.07, 6.45) is 0.798. The van der Waals surface area contributed by atoms with E-state index in [2.05, 4.69) is 36.4 Å². The highest BCUT2D eigenvalue weighted by molar-refractivity contribution is 9.10. The van der Waals surface area contributed by atoms with E-state index in [1.54, 1.807) is 19.2 Å². The summed E-state index contributed by atoms with van der Waals surface area (Å²) in [5, 5.41) is 34.0. The SMILES string of the molecule is CCOc1c(O)ccc([C@@H]2Nc3ccc(Br)cc3-c3nnc(SC)nc3O2)c1[N+](=O)[O-]. The Balaban J connectivity index is 1.92. The zero-order valence-corrected chi connectivity index (χ0v) is 18.7. The van der Waals surface area contributed by atoms with Crippen molar-refractivity contribution in [3.63, 3.8) is 0 Å². The molecule has 1 aliphatic heterocycles. The van der Waals surface area contributed by atoms with Gasteiger partial charge in [-0.3, -0.25) is 10.1 Å². The van der Waals surface area contributed by atoms with Crippen LogP contribution in [-0.2, 0) is 0 Å². The highest BCUT2D eigenvalue weighted by Crippen LogP contribution is 2.46. The number of benzene rings is 2. The largest absolute Gasteiger partial charge is 0.504 e. The van der Waals surface area contributed by atoms with E-state index in [-0.39, 0.29) is 29.5 Å². The van der Waals surface area contributed by atoms with Crippen molar-refractivity contribution in [2.75, 3.05) is 18.2 Å². The Morgan fingerprint density at radius 2 is 2.16 bits per heavy atom. The number of aromatic hydroxyl groups is 1. The van der Waals surface area contributed by atoms with Crippen molar-refractivity contribution >= 4 is 39.1 Å². The molecule has 0 amide bonds. The molecule has 0 radical (unpaired) electrons. The highest BCUT2D eigenvalue weighted by atomic mass is 79.9. The lowest BCUT2D eigenvalue weighted by Crippen LogP contribution is -2.19. The Morgan fingerprint density at radius 1 is 1.35 bits per heavy atom. The average Bonchev–Trinajstić information content (AvgIpc) is 2.90. The van der Waals surface area contributed by atoms with Gasteiger partial charge in [0.15, 0.2) is 11.4 Å². The molecular weight excluding hydrogens is 490 g/mol. The molecule has 31 heavy (non-hydrogen) atoms. The fraction of sp³-hybridized carbons (Fsp3) is 0.211. The molecule has 10 nitrogen and oxygen atoms in total. The van der Waals surface area contributed by atoms with Crippen LogP contribution in [0.1, 0.15) is 18.7 Å². The molecule has 4 rings (SSSR count). The third-order valence-corrected chi connectivity index (χ3v) is 5.50. The van der Waals surface area contributed by atoms with Gasteiger partial charge in [0.05, 0.1) is 17.1 Å². The van der Waals surface area contributed by atoms with Crippen LogP contribution in [0.4, 0.5) is 11.4 Å². The summed E-state index contributed by atoms with van der Waals surface area (Å²) in [6.45, 7) is 1.82. The molecule has 160 valence electrons. The second-order valence-corrected chi connectivity index (χ2v) is 8.02. The summed E-state index contributed by atoms with van der Waals surface area (Å²) in [4.78, 5) is 15.7. The Labute approximate surface area is 189 Å². The number of hydrogen-bond acceptors (Lipinski definition) is 10. The van der Waals surface area contributed by atoms with E-state index in [0.29, 0.717) is 22.1 Å². The first-order chi connectivity index (χ1) is 14.9. The fourth-order valence-corrected chi connectivity index (χ4v) is 3.82. The summed E-state index contributed by atoms with van der Waals surface area (Å²) in [5.41, 5.74) is 1.47. The normalized spacial score (nSPS) is 14.5. The van der Waals surface area contributed by atoms with Crippen LogP contribution >= 0.6 is 27.7 Å². The fourth-order valence-electron chi connectivity index (χ4n) is 3.16. The molecule has 0 bridgehead atoms. The van der Waals surface area contributed by atoms with Gasteiger partial charge in [0.2, 0.25) is 23.0 Å². The standard InChI is InChI=1S/C19H16BrN5O5S/c1-3-29-16-13(26)7-5-10(15(16)25(27)28)17-21-12-6-4-9(20)8-11(12)14-18(30-17)22-19(31-2)24-23-14/h4-8,17,21,26H,3H2,1-2H3/t17-/m1/s1. The van der Waals surface area contributed by atoms with Gasteiger partial charge in [-0.25, -0.2) is 0 Å². The van der Waals surface area contributed by atoms with Crippen LogP contribution in [0.15, 0.2) is 40.0 Å². The Morgan fingerprint density at radius 3 is 2.87 bits per heavy atom. The van der Waals surface area contributed by atoms with E-state index in [9.17, 15) is 15.2 Å². The van der Waals surface area contributed by atoms with E-state index >= 15 is 0 Å². The number of ether oxygens (including phenoxy) is 2. The van der Waals surface area contributed by atoms with Crippen LogP contribution < -0.4 is 14.8 Å². The molecule has 0 saturated heterocycles. The molecule has 1 atom stereocenters. The summed E-state index contributed by atoms with van der Waals surface area (Å²) >= 11 is 4.74. The first-order valence-corrected chi connectivity index (χ1v) is 11.1. The maximum atomic E-state index is 11.9. The first-order valence-electron chi connectivity index (χ1n) is 9.07. The third kappa shape index (κ3) is 3.95. The monoisotopic (exact) mass is 505 g/mol. The molecular formula is C19H16BrN5O5S. The molecule has 1 aliphatic rings. The van der Waals surface area contributed by atoms with Gasteiger partial charge in [0, 0.05) is 15.7 Å². The van der Waals surface area contributed by atoms with Gasteiger partial charge in [-0.2, -0.15) is 4.98 Å². The maximum Gasteiger partial charge on any atom is 0.323 e. The average molecular weight is 506 g/mol. The van der Waals surface area contributed by atoms with E-state index in [1.807, 2.05) is 12.1 Å². The van der Waals surface area contributed by atoms with Gasteiger partial charge in [-0.1, -0.05) is 27.7 Å². The lowest BCUT2D eigenvalue weighted by Gasteiger charge is -2.20. The van der Waals surface area contributed by atoms with E-state index in [0.717, 1.165) is 4.47 Å². The summed E-state index contributed by atoms with van der Waals surface area (Å²) in [7, 11) is 0. The molecule has 0 spiro atoms. The molecule has 3 aromatic rings. The highest BCUT2D eigenvalue weighted by Gasteiger charge is 2.34. The third-order valence-electron chi connectivity index (χ3n) is 4.47. The van der Waals surface area contributed by atoms with Crippen molar-refractivity contribution in [3.05, 3.63) is 50.5 Å². The van der Waals surface area contributed by atoms with Gasteiger partial charge in [0.25, 0.3) is 0 Å². The number of nitro groups is 1. The quantitative estimate of drug-likeness (QED) is 0.289. The van der Waals surface area contributed by atoms with Crippen LogP contribution in [0.5, 0.6) is 17.4 Å². The molecule has 2 N–H and O–H groups in total. The zero-order valence-electron chi connectivity index (χ0n) is 16.3. The molecule has 12 heteroatoms. The summed E-state index contributed by atoms with van der Waals surface area (Å²) in [5.74, 6) is -0.375. The number of thioether (sulfide) groups is 1. The van der Waals surface area contributed by atoms with E-state index < -0.39 is 16.8 Å². The van der Waals surface area contributed by atoms with E-state index in [1.165, 1.54) is 23.9 Å². The van der Waals surface area contributed by atoms with Gasteiger partial charge in [-0.05, 0) is 43.5 Å².